The molecule has 0 aliphatic carbocycles. The molecule has 3 rings (SSSR count). The number of carbonyl (C=O) groups is 5. The van der Waals surface area contributed by atoms with E-state index >= 15 is 0 Å². The average molecular weight is 582 g/mol. The highest BCUT2D eigenvalue weighted by atomic mass is 16.7. The lowest BCUT2D eigenvalue weighted by Crippen LogP contribution is -2.58. The molecule has 3 unspecified atom stereocenters. The number of nitrogens with one attached hydrogen (secondary N) is 3. The topological polar surface area (TPSA) is 193 Å². The molecule has 4 atom stereocenters. The van der Waals surface area contributed by atoms with Crippen molar-refractivity contribution in [2.75, 3.05) is 7.05 Å². The predicted octanol–water partition coefficient (Wildman–Crippen LogP) is 0.709. The van der Waals surface area contributed by atoms with Crippen molar-refractivity contribution < 1.29 is 43.5 Å². The minimum absolute atomic E-state index is 0.0224. The second-order valence-electron chi connectivity index (χ2n) is 10.5. The highest BCUT2D eigenvalue weighted by molar-refractivity contribution is 6.51. The SMILES string of the molecule is CNC(=O)C[C@]1(CC(=O)O)OB(C(CC(C)C)NC(=O)C(NC(=O)c2cccc(-c3ccccc3)n2)C(C)O)OC1=O. The van der Waals surface area contributed by atoms with Crippen LogP contribution >= 0.6 is 0 Å². The second-order valence-corrected chi connectivity index (χ2v) is 10.5. The van der Waals surface area contributed by atoms with Crippen molar-refractivity contribution in [2.24, 2.45) is 5.92 Å². The summed E-state index contributed by atoms with van der Waals surface area (Å²) >= 11 is 0. The standard InChI is InChI=1S/C28H35BN4O9/c1-16(2)13-21(29-41-27(40)28(42-29,15-23(36)37)14-22(35)30-4)32-26(39)24(17(3)34)33-25(38)20-12-8-11-19(31-20)18-9-6-5-7-10-18/h5-12,16-17,21,24,34H,13-15H2,1-4H3,(H,30,35)(H,32,39)(H,33,38)(H,36,37)/t17?,21?,24?,28-/m1/s1. The molecule has 0 radical (unpaired) electrons. The largest absolute Gasteiger partial charge is 0.552 e. The summed E-state index contributed by atoms with van der Waals surface area (Å²) in [6.07, 6.45) is -2.56. The van der Waals surface area contributed by atoms with Gasteiger partial charge >= 0.3 is 19.1 Å². The molecule has 42 heavy (non-hydrogen) atoms. The minimum atomic E-state index is -2.09. The van der Waals surface area contributed by atoms with E-state index < -0.39 is 73.3 Å². The van der Waals surface area contributed by atoms with Gasteiger partial charge in [-0.05, 0) is 31.4 Å². The molecule has 3 amide bonds. The molecule has 1 aromatic heterocycles. The van der Waals surface area contributed by atoms with Crippen molar-refractivity contribution in [3.8, 4) is 11.3 Å². The van der Waals surface area contributed by atoms with Crippen LogP contribution in [0.25, 0.3) is 11.3 Å². The van der Waals surface area contributed by atoms with Crippen molar-refractivity contribution in [3.05, 3.63) is 54.2 Å². The van der Waals surface area contributed by atoms with Crippen LogP contribution in [0.2, 0.25) is 0 Å². The van der Waals surface area contributed by atoms with Crippen LogP contribution in [0, 0.1) is 5.92 Å². The summed E-state index contributed by atoms with van der Waals surface area (Å²) in [5.74, 6) is -5.64. The molecule has 1 fully saturated rings. The Hall–Kier alpha value is -4.30. The Morgan fingerprint density at radius 2 is 1.69 bits per heavy atom. The van der Waals surface area contributed by atoms with E-state index in [1.54, 1.807) is 12.1 Å². The summed E-state index contributed by atoms with van der Waals surface area (Å²) in [5, 5.41) is 27.3. The van der Waals surface area contributed by atoms with E-state index in [1.807, 2.05) is 44.2 Å². The number of benzene rings is 1. The zero-order valence-electron chi connectivity index (χ0n) is 23.8. The first-order chi connectivity index (χ1) is 19.8. The van der Waals surface area contributed by atoms with Gasteiger partial charge in [0.2, 0.25) is 11.8 Å². The van der Waals surface area contributed by atoms with E-state index in [0.29, 0.717) is 5.69 Å². The van der Waals surface area contributed by atoms with Gasteiger partial charge < -0.3 is 35.5 Å². The van der Waals surface area contributed by atoms with Gasteiger partial charge in [-0.15, -0.1) is 0 Å². The van der Waals surface area contributed by atoms with Crippen LogP contribution in [0.1, 0.15) is 50.5 Å². The van der Waals surface area contributed by atoms with Gasteiger partial charge in [0.1, 0.15) is 11.7 Å². The molecule has 2 heterocycles. The second kappa shape index (κ2) is 14.1. The third-order valence-corrected chi connectivity index (χ3v) is 6.58. The Labute approximate surface area is 243 Å². The number of aliphatic hydroxyl groups excluding tert-OH is 1. The van der Waals surface area contributed by atoms with Gasteiger partial charge in [-0.25, -0.2) is 4.98 Å². The van der Waals surface area contributed by atoms with Gasteiger partial charge in [0, 0.05) is 12.6 Å². The summed E-state index contributed by atoms with van der Waals surface area (Å²) < 4.78 is 11.1. The number of amides is 3. The predicted molar refractivity (Wildman–Crippen MR) is 151 cm³/mol. The fraction of sp³-hybridized carbons (Fsp3) is 0.429. The van der Waals surface area contributed by atoms with Crippen molar-refractivity contribution >= 4 is 36.8 Å². The maximum atomic E-state index is 13.4. The van der Waals surface area contributed by atoms with Crippen molar-refractivity contribution in [2.45, 2.75) is 63.7 Å². The van der Waals surface area contributed by atoms with Crippen LogP contribution < -0.4 is 16.0 Å². The zero-order chi connectivity index (χ0) is 31.0. The van der Waals surface area contributed by atoms with E-state index in [2.05, 4.69) is 20.9 Å². The summed E-state index contributed by atoms with van der Waals surface area (Å²) in [5.41, 5.74) is -0.742. The lowest BCUT2D eigenvalue weighted by atomic mass is 9.73. The summed E-state index contributed by atoms with van der Waals surface area (Å²) in [6, 6.07) is 12.6. The molecule has 224 valence electrons. The van der Waals surface area contributed by atoms with Gasteiger partial charge in [-0.3, -0.25) is 24.0 Å². The molecule has 5 N–H and O–H groups in total. The van der Waals surface area contributed by atoms with E-state index in [0.717, 1.165) is 5.56 Å². The quantitative estimate of drug-likeness (QED) is 0.210. The Kier molecular flexibility index (Phi) is 10.8. The lowest BCUT2D eigenvalue weighted by molar-refractivity contribution is -0.154. The normalized spacial score (nSPS) is 18.5. The van der Waals surface area contributed by atoms with Gasteiger partial charge in [-0.2, -0.15) is 0 Å². The summed E-state index contributed by atoms with van der Waals surface area (Å²) in [6.45, 7) is 5.00. The number of aromatic nitrogens is 1. The molecular weight excluding hydrogens is 547 g/mol. The Bertz CT molecular complexity index is 1310. The van der Waals surface area contributed by atoms with E-state index in [1.165, 1.54) is 20.0 Å². The van der Waals surface area contributed by atoms with Crippen molar-refractivity contribution in [1.29, 1.82) is 0 Å². The van der Waals surface area contributed by atoms with Crippen LogP contribution in [0.15, 0.2) is 48.5 Å². The van der Waals surface area contributed by atoms with E-state index in [9.17, 15) is 34.2 Å². The first-order valence-electron chi connectivity index (χ1n) is 13.5. The van der Waals surface area contributed by atoms with Crippen molar-refractivity contribution in [3.63, 3.8) is 0 Å². The van der Waals surface area contributed by atoms with Gasteiger partial charge in [0.05, 0.1) is 30.6 Å². The molecule has 14 heteroatoms. The summed E-state index contributed by atoms with van der Waals surface area (Å²) in [4.78, 5) is 67.3. The minimum Gasteiger partial charge on any atom is -0.506 e. The van der Waals surface area contributed by atoms with E-state index in [-0.39, 0.29) is 18.0 Å². The maximum Gasteiger partial charge on any atom is 0.552 e. The number of aliphatic hydroxyl groups is 1. The number of carboxylic acids is 1. The van der Waals surface area contributed by atoms with Crippen molar-refractivity contribution in [1.82, 2.24) is 20.9 Å². The molecule has 0 spiro atoms. The molecule has 2 aromatic rings. The van der Waals surface area contributed by atoms with Crippen LogP contribution in [0.3, 0.4) is 0 Å². The molecule has 0 saturated carbocycles. The third-order valence-electron chi connectivity index (χ3n) is 6.58. The Balaban J connectivity index is 1.80. The maximum absolute atomic E-state index is 13.4. The van der Waals surface area contributed by atoms with Crippen LogP contribution in [0.5, 0.6) is 0 Å². The van der Waals surface area contributed by atoms with Gasteiger partial charge in [0.15, 0.2) is 5.60 Å². The molecule has 1 aliphatic heterocycles. The molecule has 1 saturated heterocycles. The molecule has 1 aromatic carbocycles. The number of nitrogens with zero attached hydrogens (tertiary/aromatic N) is 1. The third kappa shape index (κ3) is 8.14. The number of hydrogen-bond acceptors (Lipinski definition) is 9. The number of carboxylic acid groups (broad SMARTS) is 1. The highest BCUT2D eigenvalue weighted by Crippen LogP contribution is 2.32. The number of hydrogen-bond donors (Lipinski definition) is 5. The first kappa shape index (κ1) is 32.2. The summed E-state index contributed by atoms with van der Waals surface area (Å²) in [7, 11) is -0.101. The first-order valence-corrected chi connectivity index (χ1v) is 13.5. The monoisotopic (exact) mass is 582 g/mol. The van der Waals surface area contributed by atoms with E-state index in [4.69, 9.17) is 9.31 Å². The highest BCUT2D eigenvalue weighted by Gasteiger charge is 2.57. The average Bonchev–Trinajstić information content (AvgIpc) is 3.25. The Morgan fingerprint density at radius 3 is 2.29 bits per heavy atom. The van der Waals surface area contributed by atoms with Crippen LogP contribution in [-0.4, -0.2) is 82.7 Å². The van der Waals surface area contributed by atoms with Crippen LogP contribution in [0.4, 0.5) is 0 Å². The fourth-order valence-corrected chi connectivity index (χ4v) is 4.52. The molecule has 0 bridgehead atoms. The molecule has 1 aliphatic rings. The fourth-order valence-electron chi connectivity index (χ4n) is 4.52. The van der Waals surface area contributed by atoms with Gasteiger partial charge in [-0.1, -0.05) is 50.2 Å². The Morgan fingerprint density at radius 1 is 1.00 bits per heavy atom. The molecule has 13 nitrogen and oxygen atoms in total. The van der Waals surface area contributed by atoms with Crippen LogP contribution in [-0.2, 0) is 28.5 Å². The number of carbonyl (C=O) groups excluding carboxylic acids is 4. The number of rotatable bonds is 13. The van der Waals surface area contributed by atoms with Gasteiger partial charge in [0.25, 0.3) is 5.91 Å². The number of aliphatic carboxylic acids is 1. The number of pyridine rings is 1. The zero-order valence-corrected chi connectivity index (χ0v) is 23.8. The molecular formula is C28H35BN4O9. The smallest absolute Gasteiger partial charge is 0.506 e. The lowest BCUT2D eigenvalue weighted by Gasteiger charge is -2.27.